The number of carboxylic acids is 1. The molecule has 2 aromatic carbocycles. The van der Waals surface area contributed by atoms with Crippen LogP contribution in [0.4, 0.5) is 4.79 Å². The molecule has 1 atom stereocenters. The maximum atomic E-state index is 12.6. The van der Waals surface area contributed by atoms with Crippen molar-refractivity contribution in [1.29, 1.82) is 0 Å². The average Bonchev–Trinajstić information content (AvgIpc) is 3.32. The number of fused-ring (bicyclic) bond motifs is 4. The van der Waals surface area contributed by atoms with E-state index in [1.807, 2.05) is 60.3 Å². The summed E-state index contributed by atoms with van der Waals surface area (Å²) in [6.07, 6.45) is 2.91. The lowest BCUT2D eigenvalue weighted by atomic mass is 9.98. The molecule has 1 unspecified atom stereocenters. The fourth-order valence-corrected chi connectivity index (χ4v) is 4.66. The van der Waals surface area contributed by atoms with Gasteiger partial charge in [-0.15, -0.1) is 0 Å². The van der Waals surface area contributed by atoms with Crippen LogP contribution in [0.1, 0.15) is 22.6 Å². The number of ether oxygens (including phenoxy) is 1. The zero-order valence-electron chi connectivity index (χ0n) is 18.1. The number of rotatable bonds is 6. The SMILES string of the molecule is Cn1cc(CC(NC(=O)OCC2c3ccccc3-c3ccccc32)C(=O)O)c2cccnc21. The predicted molar refractivity (Wildman–Crippen MR) is 124 cm³/mol. The van der Waals surface area contributed by atoms with E-state index in [1.54, 1.807) is 12.3 Å². The highest BCUT2D eigenvalue weighted by molar-refractivity contribution is 5.84. The number of nitrogens with one attached hydrogen (secondary N) is 1. The minimum absolute atomic E-state index is 0.0874. The quantitative estimate of drug-likeness (QED) is 0.470. The van der Waals surface area contributed by atoms with E-state index >= 15 is 0 Å². The molecule has 33 heavy (non-hydrogen) atoms. The third kappa shape index (κ3) is 3.82. The molecule has 4 aromatic rings. The van der Waals surface area contributed by atoms with Crippen molar-refractivity contribution in [3.05, 3.63) is 89.7 Å². The molecule has 0 radical (unpaired) electrons. The molecule has 5 rings (SSSR count). The van der Waals surface area contributed by atoms with E-state index in [4.69, 9.17) is 4.74 Å². The summed E-state index contributed by atoms with van der Waals surface area (Å²) in [5, 5.41) is 13.1. The first-order valence-corrected chi connectivity index (χ1v) is 10.8. The van der Waals surface area contributed by atoms with E-state index in [0.29, 0.717) is 0 Å². The number of carbonyl (C=O) groups is 2. The molecule has 1 aliphatic carbocycles. The molecule has 1 aliphatic rings. The predicted octanol–water partition coefficient (Wildman–Crippen LogP) is 4.11. The van der Waals surface area contributed by atoms with Crippen LogP contribution in [-0.4, -0.2) is 39.4 Å². The Kier molecular flexibility index (Phi) is 5.30. The van der Waals surface area contributed by atoms with Crippen molar-refractivity contribution in [3.8, 4) is 11.1 Å². The number of pyridine rings is 1. The van der Waals surface area contributed by atoms with Crippen LogP contribution in [0.3, 0.4) is 0 Å². The van der Waals surface area contributed by atoms with Gasteiger partial charge in [0.25, 0.3) is 0 Å². The highest BCUT2D eigenvalue weighted by Gasteiger charge is 2.30. The lowest BCUT2D eigenvalue weighted by Gasteiger charge is -2.17. The summed E-state index contributed by atoms with van der Waals surface area (Å²) >= 11 is 0. The van der Waals surface area contributed by atoms with Crippen LogP contribution in [0, 0.1) is 0 Å². The number of alkyl carbamates (subject to hydrolysis) is 1. The number of aromatic nitrogens is 2. The molecule has 0 aliphatic heterocycles. The maximum absolute atomic E-state index is 12.6. The molecule has 2 heterocycles. The van der Waals surface area contributed by atoms with Gasteiger partial charge in [-0.2, -0.15) is 0 Å². The molecular weight excluding hydrogens is 418 g/mol. The first-order valence-electron chi connectivity index (χ1n) is 10.8. The zero-order chi connectivity index (χ0) is 22.9. The van der Waals surface area contributed by atoms with Gasteiger partial charge in [-0.3, -0.25) is 0 Å². The lowest BCUT2D eigenvalue weighted by Crippen LogP contribution is -2.42. The first kappa shape index (κ1) is 20.8. The minimum Gasteiger partial charge on any atom is -0.480 e. The summed E-state index contributed by atoms with van der Waals surface area (Å²) in [5.74, 6) is -1.21. The number of nitrogens with zero attached hydrogens (tertiary/aromatic N) is 2. The topological polar surface area (TPSA) is 93.5 Å². The maximum Gasteiger partial charge on any atom is 0.407 e. The van der Waals surface area contributed by atoms with Crippen molar-refractivity contribution >= 4 is 23.1 Å². The highest BCUT2D eigenvalue weighted by atomic mass is 16.5. The van der Waals surface area contributed by atoms with Gasteiger partial charge < -0.3 is 19.7 Å². The number of amides is 1. The Morgan fingerprint density at radius 3 is 2.39 bits per heavy atom. The van der Waals surface area contributed by atoms with E-state index in [0.717, 1.165) is 38.9 Å². The summed E-state index contributed by atoms with van der Waals surface area (Å²) in [5.41, 5.74) is 6.03. The van der Waals surface area contributed by atoms with Gasteiger partial charge in [0.1, 0.15) is 18.3 Å². The van der Waals surface area contributed by atoms with Crippen molar-refractivity contribution in [3.63, 3.8) is 0 Å². The van der Waals surface area contributed by atoms with Crippen molar-refractivity contribution < 1.29 is 19.4 Å². The van der Waals surface area contributed by atoms with Gasteiger partial charge in [0.05, 0.1) is 0 Å². The standard InChI is InChI=1S/C26H23N3O4/c1-29-14-16(17-11-6-12-27-24(17)29)13-23(25(30)31)28-26(32)33-15-22-20-9-4-2-7-18(20)19-8-3-5-10-21(19)22/h2-12,14,22-23H,13,15H2,1H3,(H,28,32)(H,30,31). The zero-order valence-corrected chi connectivity index (χ0v) is 18.1. The average molecular weight is 441 g/mol. The van der Waals surface area contributed by atoms with Gasteiger partial charge in [-0.1, -0.05) is 48.5 Å². The van der Waals surface area contributed by atoms with Gasteiger partial charge in [-0.25, -0.2) is 14.6 Å². The molecule has 7 nitrogen and oxygen atoms in total. The van der Waals surface area contributed by atoms with Crippen molar-refractivity contribution in [2.45, 2.75) is 18.4 Å². The second kappa shape index (κ2) is 8.43. The highest BCUT2D eigenvalue weighted by Crippen LogP contribution is 2.44. The first-order chi connectivity index (χ1) is 16.0. The Morgan fingerprint density at radius 1 is 1.06 bits per heavy atom. The summed E-state index contributed by atoms with van der Waals surface area (Å²) in [6, 6.07) is 18.7. The third-order valence-corrected chi connectivity index (χ3v) is 6.17. The molecule has 7 heteroatoms. The van der Waals surface area contributed by atoms with E-state index in [9.17, 15) is 14.7 Å². The molecular formula is C26H23N3O4. The van der Waals surface area contributed by atoms with E-state index in [-0.39, 0.29) is 18.9 Å². The summed E-state index contributed by atoms with van der Waals surface area (Å²) in [6.45, 7) is 0.129. The summed E-state index contributed by atoms with van der Waals surface area (Å²) < 4.78 is 7.36. The van der Waals surface area contributed by atoms with E-state index in [1.165, 1.54) is 0 Å². The largest absolute Gasteiger partial charge is 0.480 e. The summed E-state index contributed by atoms with van der Waals surface area (Å²) in [4.78, 5) is 28.8. The van der Waals surface area contributed by atoms with Gasteiger partial charge in [0, 0.05) is 37.2 Å². The van der Waals surface area contributed by atoms with Crippen molar-refractivity contribution in [2.75, 3.05) is 6.61 Å². The molecule has 2 N–H and O–H groups in total. The van der Waals surface area contributed by atoms with Crippen molar-refractivity contribution in [1.82, 2.24) is 14.9 Å². The number of aryl methyl sites for hydroxylation is 1. The molecule has 0 saturated carbocycles. The fourth-order valence-electron chi connectivity index (χ4n) is 4.66. The second-order valence-corrected chi connectivity index (χ2v) is 8.20. The molecule has 166 valence electrons. The van der Waals surface area contributed by atoms with E-state index < -0.39 is 18.1 Å². The van der Waals surface area contributed by atoms with Crippen LogP contribution in [0.25, 0.3) is 22.2 Å². The molecule has 0 spiro atoms. The van der Waals surface area contributed by atoms with Crippen LogP contribution in [0.2, 0.25) is 0 Å². The number of carboxylic acid groups (broad SMARTS) is 1. The van der Waals surface area contributed by atoms with Crippen LogP contribution in [0.5, 0.6) is 0 Å². The minimum atomic E-state index is -1.12. The third-order valence-electron chi connectivity index (χ3n) is 6.17. The molecule has 0 fully saturated rings. The molecule has 0 saturated heterocycles. The van der Waals surface area contributed by atoms with Crippen LogP contribution in [0.15, 0.2) is 73.1 Å². The van der Waals surface area contributed by atoms with Gasteiger partial charge in [-0.05, 0) is 39.9 Å². The van der Waals surface area contributed by atoms with Gasteiger partial charge in [0.15, 0.2) is 0 Å². The van der Waals surface area contributed by atoms with Crippen molar-refractivity contribution in [2.24, 2.45) is 7.05 Å². The van der Waals surface area contributed by atoms with E-state index in [2.05, 4.69) is 22.4 Å². The van der Waals surface area contributed by atoms with Gasteiger partial charge in [0.2, 0.25) is 0 Å². The Morgan fingerprint density at radius 2 is 1.73 bits per heavy atom. The second-order valence-electron chi connectivity index (χ2n) is 8.20. The smallest absolute Gasteiger partial charge is 0.407 e. The Bertz CT molecular complexity index is 1320. The normalized spacial score (nSPS) is 13.4. The van der Waals surface area contributed by atoms with Gasteiger partial charge >= 0.3 is 12.1 Å². The Labute approximate surface area is 190 Å². The van der Waals surface area contributed by atoms with Crippen LogP contribution >= 0.6 is 0 Å². The Hall–Kier alpha value is -4.13. The number of aliphatic carboxylic acids is 1. The Balaban J connectivity index is 1.29. The number of carbonyl (C=O) groups excluding carboxylic acids is 1. The summed E-state index contributed by atoms with van der Waals surface area (Å²) in [7, 11) is 1.85. The van der Waals surface area contributed by atoms with Crippen LogP contribution < -0.4 is 5.32 Å². The monoisotopic (exact) mass is 441 g/mol. The lowest BCUT2D eigenvalue weighted by molar-refractivity contribution is -0.139. The number of benzene rings is 2. The number of hydrogen-bond acceptors (Lipinski definition) is 4. The molecule has 1 amide bonds. The molecule has 0 bridgehead atoms. The molecule has 2 aromatic heterocycles. The fraction of sp³-hybridized carbons (Fsp3) is 0.192. The van der Waals surface area contributed by atoms with Crippen LogP contribution in [-0.2, 0) is 23.0 Å². The number of hydrogen-bond donors (Lipinski definition) is 2.